The molecule has 2 aromatic heterocycles. The molecule has 2 aliphatic carbocycles. The molecule has 5 fully saturated rings. The van der Waals surface area contributed by atoms with Gasteiger partial charge in [0.2, 0.25) is 0 Å². The van der Waals surface area contributed by atoms with Gasteiger partial charge in [-0.2, -0.15) is 0 Å². The molecular formula is C56H63FN8O8S. The van der Waals surface area contributed by atoms with Gasteiger partial charge >= 0.3 is 0 Å². The summed E-state index contributed by atoms with van der Waals surface area (Å²) in [6, 6.07) is 26.3. The maximum Gasteiger partial charge on any atom is 0.293 e. The number of halogens is 1. The van der Waals surface area contributed by atoms with Crippen LogP contribution >= 0.6 is 0 Å². The Balaban J connectivity index is 0.798. The molecule has 1 spiro atoms. The Hall–Kier alpha value is -6.60. The van der Waals surface area contributed by atoms with Crippen LogP contribution in [0.5, 0.6) is 17.2 Å². The van der Waals surface area contributed by atoms with E-state index in [2.05, 4.69) is 91.0 Å². The standard InChI is InChI=1S/C56H63FN8O8S/c1-35(2)43-6-4-5-7-45(43)51-32-62(31-37-8-13-44(38-9-10-38)52(22-37)71-3)18-19-64(51)40-26-56(27-40)33-63(34-56)39-11-14-46(53(23-39)73-41-24-47-48(57)30-60-54(47)59-29-41)55(66)61-74(69,70)42-12-15-49(50(25-42)65(67)68)58-28-36-16-20-72-21-17-36/h4-8,11-15,22-25,29-30,35-36,38,40,51,58H,9-10,16-21,26-28,31-34H2,1-3H3,(H,59,60)(H,61,66)/t51-/m0/s1. The number of carbonyl (C=O) groups is 1. The van der Waals surface area contributed by atoms with E-state index < -0.39 is 37.3 Å². The second-order valence-electron chi connectivity index (χ2n) is 21.3. The van der Waals surface area contributed by atoms with Crippen molar-refractivity contribution in [2.45, 2.75) is 87.7 Å². The first kappa shape index (κ1) is 49.6. The van der Waals surface area contributed by atoms with E-state index in [0.29, 0.717) is 43.3 Å². The maximum atomic E-state index is 14.7. The molecule has 16 nitrogen and oxygen atoms in total. The van der Waals surface area contributed by atoms with Crippen molar-refractivity contribution in [3.8, 4) is 17.2 Å². The lowest BCUT2D eigenvalue weighted by molar-refractivity contribution is -0.384. The Morgan fingerprint density at radius 1 is 0.973 bits per heavy atom. The van der Waals surface area contributed by atoms with Crippen LogP contribution in [0.2, 0.25) is 0 Å². The largest absolute Gasteiger partial charge is 0.496 e. The van der Waals surface area contributed by atoms with Crippen LogP contribution in [-0.4, -0.2) is 105 Å². The van der Waals surface area contributed by atoms with E-state index in [1.807, 2.05) is 0 Å². The van der Waals surface area contributed by atoms with Crippen LogP contribution in [0.15, 0.2) is 102 Å². The number of aromatic nitrogens is 2. The monoisotopic (exact) mass is 1030 g/mol. The number of sulfonamides is 1. The minimum Gasteiger partial charge on any atom is -0.496 e. The number of nitrogens with one attached hydrogen (secondary N) is 3. The molecule has 18 heteroatoms. The highest BCUT2D eigenvalue weighted by atomic mass is 32.2. The lowest BCUT2D eigenvalue weighted by Crippen LogP contribution is -2.68. The van der Waals surface area contributed by atoms with Crippen LogP contribution in [0.4, 0.5) is 21.5 Å². The van der Waals surface area contributed by atoms with Crippen molar-refractivity contribution in [3.05, 3.63) is 141 Å². The van der Waals surface area contributed by atoms with E-state index in [9.17, 15) is 27.7 Å². The maximum absolute atomic E-state index is 14.7. The van der Waals surface area contributed by atoms with Gasteiger partial charge in [-0.15, -0.1) is 0 Å². The average molecular weight is 1030 g/mol. The van der Waals surface area contributed by atoms with Crippen molar-refractivity contribution in [3.63, 3.8) is 0 Å². The molecule has 0 bridgehead atoms. The van der Waals surface area contributed by atoms with E-state index in [-0.39, 0.29) is 45.5 Å². The first-order chi connectivity index (χ1) is 35.7. The second kappa shape index (κ2) is 20.3. The lowest BCUT2D eigenvalue weighted by Gasteiger charge is -2.63. The molecule has 5 heterocycles. The number of fused-ring (bicyclic) bond motifs is 1. The fourth-order valence-corrected chi connectivity index (χ4v) is 12.8. The number of ether oxygens (including phenoxy) is 3. The topological polar surface area (TPSA) is 184 Å². The Labute approximate surface area is 430 Å². The van der Waals surface area contributed by atoms with Gasteiger partial charge in [0, 0.05) is 101 Å². The summed E-state index contributed by atoms with van der Waals surface area (Å²) in [5.41, 5.74) is 6.19. The molecular weight excluding hydrogens is 964 g/mol. The second-order valence-corrected chi connectivity index (χ2v) is 23.0. The molecule has 1 atom stereocenters. The fraction of sp³-hybridized carbons (Fsp3) is 0.429. The van der Waals surface area contributed by atoms with Crippen molar-refractivity contribution in [2.24, 2.45) is 11.3 Å². The fourth-order valence-electron chi connectivity index (χ4n) is 11.8. The Kier molecular flexibility index (Phi) is 13.6. The normalized spacial score (nSPS) is 19.6. The number of benzene rings is 4. The molecule has 6 aromatic rings. The van der Waals surface area contributed by atoms with E-state index in [1.165, 1.54) is 71.8 Å². The first-order valence-corrected chi connectivity index (χ1v) is 27.3. The molecule has 0 radical (unpaired) electrons. The highest BCUT2D eigenvalue weighted by molar-refractivity contribution is 7.90. The van der Waals surface area contributed by atoms with Gasteiger partial charge in [-0.25, -0.2) is 22.5 Å². The number of nitro benzene ring substituents is 1. The molecule has 3 aliphatic heterocycles. The van der Waals surface area contributed by atoms with Gasteiger partial charge in [0.25, 0.3) is 21.6 Å². The summed E-state index contributed by atoms with van der Waals surface area (Å²) in [6.07, 6.45) is 8.75. The highest BCUT2D eigenvalue weighted by Gasteiger charge is 2.55. The molecule has 4 aromatic carbocycles. The van der Waals surface area contributed by atoms with Crippen LogP contribution in [0.1, 0.15) is 103 Å². The molecule has 5 aliphatic rings. The Morgan fingerprint density at radius 3 is 2.53 bits per heavy atom. The summed E-state index contributed by atoms with van der Waals surface area (Å²) >= 11 is 0. The SMILES string of the molecule is COc1cc(CN2CCN(C3CC4(C3)CN(c3ccc(C(=O)NS(=O)(=O)c5ccc(NCC6CCOCC6)c([N+](=O)[O-])c5)c(Oc5cnc6[nH]cc(F)c6c5)c3)C4)[C@H](c3ccccc3C(C)C)C2)ccc1C1CC1. The van der Waals surface area contributed by atoms with Crippen molar-refractivity contribution in [2.75, 3.05) is 69.8 Å². The van der Waals surface area contributed by atoms with Crippen LogP contribution in [0.25, 0.3) is 11.0 Å². The average Bonchev–Trinajstić information content (AvgIpc) is 4.16. The molecule has 388 valence electrons. The Bertz CT molecular complexity index is 3200. The third kappa shape index (κ3) is 10.2. The van der Waals surface area contributed by atoms with Gasteiger partial charge in [0.05, 0.1) is 34.1 Å². The first-order valence-electron chi connectivity index (χ1n) is 25.8. The summed E-state index contributed by atoms with van der Waals surface area (Å²) in [5.74, 6) is 0.872. The van der Waals surface area contributed by atoms with Crippen LogP contribution < -0.4 is 24.4 Å². The van der Waals surface area contributed by atoms with Gasteiger partial charge in [0.1, 0.15) is 34.4 Å². The quantitative estimate of drug-likeness (QED) is 0.0580. The van der Waals surface area contributed by atoms with E-state index >= 15 is 0 Å². The summed E-state index contributed by atoms with van der Waals surface area (Å²) in [6.45, 7) is 11.5. The molecule has 1 amide bonds. The number of aromatic amines is 1. The van der Waals surface area contributed by atoms with Gasteiger partial charge in [-0.05, 0) is 115 Å². The number of anilines is 2. The van der Waals surface area contributed by atoms with Crippen molar-refractivity contribution >= 4 is 44.0 Å². The van der Waals surface area contributed by atoms with Gasteiger partial charge in [0.15, 0.2) is 0 Å². The molecule has 74 heavy (non-hydrogen) atoms. The zero-order valence-electron chi connectivity index (χ0n) is 42.0. The molecule has 0 unspecified atom stereocenters. The van der Waals surface area contributed by atoms with E-state index in [0.717, 1.165) is 82.5 Å². The summed E-state index contributed by atoms with van der Waals surface area (Å²) in [5, 5.41) is 15.4. The lowest BCUT2D eigenvalue weighted by atomic mass is 9.59. The van der Waals surface area contributed by atoms with Crippen LogP contribution in [0.3, 0.4) is 0 Å². The zero-order valence-corrected chi connectivity index (χ0v) is 42.8. The van der Waals surface area contributed by atoms with Gasteiger partial charge in [-0.3, -0.25) is 24.7 Å². The number of H-pyrrole nitrogens is 1. The number of rotatable bonds is 17. The van der Waals surface area contributed by atoms with Crippen molar-refractivity contribution in [1.29, 1.82) is 0 Å². The third-order valence-corrected chi connectivity index (χ3v) is 17.3. The zero-order chi connectivity index (χ0) is 51.3. The number of nitrogens with zero attached hydrogens (tertiary/aromatic N) is 5. The number of piperazine rings is 1. The van der Waals surface area contributed by atoms with E-state index in [1.54, 1.807) is 19.2 Å². The minimum atomic E-state index is -4.62. The molecule has 3 N–H and O–H groups in total. The number of pyridine rings is 1. The number of hydrogen-bond acceptors (Lipinski definition) is 13. The third-order valence-electron chi connectivity index (χ3n) is 15.9. The number of amides is 1. The van der Waals surface area contributed by atoms with Crippen LogP contribution in [-0.2, 0) is 21.3 Å². The number of nitro groups is 1. The van der Waals surface area contributed by atoms with Gasteiger partial charge in [-0.1, -0.05) is 50.2 Å². The van der Waals surface area contributed by atoms with Crippen LogP contribution in [0, 0.1) is 27.3 Å². The summed E-state index contributed by atoms with van der Waals surface area (Å²) in [4.78, 5) is 39.8. The smallest absolute Gasteiger partial charge is 0.293 e. The summed E-state index contributed by atoms with van der Waals surface area (Å²) < 4.78 is 62.0. The van der Waals surface area contributed by atoms with Gasteiger partial charge < -0.3 is 29.4 Å². The molecule has 11 rings (SSSR count). The minimum absolute atomic E-state index is 0.0280. The number of carbonyl (C=O) groups excluding carboxylic acids is 1. The molecule has 2 saturated carbocycles. The van der Waals surface area contributed by atoms with Crippen molar-refractivity contribution < 1.29 is 36.7 Å². The van der Waals surface area contributed by atoms with E-state index in [4.69, 9.17) is 14.2 Å². The van der Waals surface area contributed by atoms with Crippen molar-refractivity contribution in [1.82, 2.24) is 24.5 Å². The predicted molar refractivity (Wildman–Crippen MR) is 280 cm³/mol. The predicted octanol–water partition coefficient (Wildman–Crippen LogP) is 9.90. The number of methoxy groups -OCH3 is 1. The Morgan fingerprint density at radius 2 is 1.77 bits per heavy atom. The summed E-state index contributed by atoms with van der Waals surface area (Å²) in [7, 11) is -2.84. The number of hydrogen-bond donors (Lipinski definition) is 3. The highest BCUT2D eigenvalue weighted by Crippen LogP contribution is 2.54. The molecule has 3 saturated heterocycles.